The molecule has 1 amide bonds. The van der Waals surface area contributed by atoms with E-state index in [0.717, 1.165) is 25.7 Å². The fourth-order valence-electron chi connectivity index (χ4n) is 2.57. The molecule has 116 valence electrons. The van der Waals surface area contributed by atoms with Gasteiger partial charge in [-0.1, -0.05) is 31.0 Å². The Hall–Kier alpha value is -2.41. The smallest absolute Gasteiger partial charge is 0.306 e. The van der Waals surface area contributed by atoms with E-state index in [1.807, 2.05) is 6.07 Å². The molecule has 3 N–H and O–H groups in total. The van der Waals surface area contributed by atoms with Crippen molar-refractivity contribution in [2.45, 2.75) is 37.8 Å². The van der Waals surface area contributed by atoms with Crippen molar-refractivity contribution in [3.05, 3.63) is 42.1 Å². The van der Waals surface area contributed by atoms with Crippen LogP contribution in [-0.2, 0) is 0 Å². The Morgan fingerprint density at radius 2 is 2.05 bits per heavy atom. The number of hydrogen-bond acceptors (Lipinski definition) is 5. The van der Waals surface area contributed by atoms with Crippen LogP contribution in [0.5, 0.6) is 0 Å². The summed E-state index contributed by atoms with van der Waals surface area (Å²) in [6.07, 6.45) is 4.94. The van der Waals surface area contributed by atoms with Gasteiger partial charge in [0.05, 0.1) is 10.9 Å². The quantitative estimate of drug-likeness (QED) is 0.735. The van der Waals surface area contributed by atoms with E-state index in [4.69, 9.17) is 4.52 Å². The van der Waals surface area contributed by atoms with Gasteiger partial charge in [-0.2, -0.15) is 5.43 Å². The van der Waals surface area contributed by atoms with Crippen molar-refractivity contribution in [3.63, 3.8) is 0 Å². The Morgan fingerprint density at radius 3 is 2.82 bits per heavy atom. The zero-order valence-electron chi connectivity index (χ0n) is 12.1. The number of hydrogen-bond donors (Lipinski definition) is 3. The van der Waals surface area contributed by atoms with Crippen molar-refractivity contribution < 1.29 is 19.2 Å². The molecule has 1 aromatic carbocycles. The van der Waals surface area contributed by atoms with Gasteiger partial charge >= 0.3 is 5.88 Å². The topological polar surface area (TPSA) is 91.3 Å². The number of aliphatic hydroxyl groups excluding tert-OH is 1. The molecule has 22 heavy (non-hydrogen) atoms. The third kappa shape index (κ3) is 3.43. The zero-order chi connectivity index (χ0) is 15.4. The molecule has 2 unspecified atom stereocenters. The number of benzene rings is 1. The van der Waals surface area contributed by atoms with E-state index in [1.165, 1.54) is 4.79 Å². The summed E-state index contributed by atoms with van der Waals surface area (Å²) in [6.45, 7) is 0. The number of carbonyl (C=O) groups excluding carboxylic acids is 1. The van der Waals surface area contributed by atoms with Crippen LogP contribution in [-0.4, -0.2) is 28.4 Å². The van der Waals surface area contributed by atoms with Crippen LogP contribution in [0.3, 0.4) is 0 Å². The van der Waals surface area contributed by atoms with Crippen molar-refractivity contribution in [1.29, 1.82) is 0 Å². The number of aliphatic hydroxyl groups is 1. The summed E-state index contributed by atoms with van der Waals surface area (Å²) >= 11 is 0. The van der Waals surface area contributed by atoms with Crippen LogP contribution in [0.15, 0.2) is 41.1 Å². The summed E-state index contributed by atoms with van der Waals surface area (Å²) in [5, 5.41) is 16.4. The van der Waals surface area contributed by atoms with Crippen molar-refractivity contribution in [2.75, 3.05) is 10.7 Å². The molecule has 0 radical (unpaired) electrons. The first kappa shape index (κ1) is 14.5. The molecule has 7 heteroatoms. The first-order chi connectivity index (χ1) is 10.7. The Kier molecular flexibility index (Phi) is 4.34. The summed E-state index contributed by atoms with van der Waals surface area (Å²) in [7, 11) is 0. The molecule has 0 saturated heterocycles. The molecule has 2 atom stereocenters. The highest BCUT2D eigenvalue weighted by Crippen LogP contribution is 2.18. The highest BCUT2D eigenvalue weighted by molar-refractivity contribution is 6.03. The summed E-state index contributed by atoms with van der Waals surface area (Å²) < 4.78 is 5.07. The molecule has 1 aromatic heterocycles. The molecule has 2 aromatic rings. The van der Waals surface area contributed by atoms with Gasteiger partial charge in [0.2, 0.25) is 5.27 Å². The van der Waals surface area contributed by atoms with Gasteiger partial charge in [-0.25, -0.2) is 0 Å². The maximum absolute atomic E-state index is 12.0. The summed E-state index contributed by atoms with van der Waals surface area (Å²) in [6, 6.07) is 8.82. The van der Waals surface area contributed by atoms with Crippen molar-refractivity contribution in [3.8, 4) is 0 Å². The predicted molar refractivity (Wildman–Crippen MR) is 78.7 cm³/mol. The summed E-state index contributed by atoms with van der Waals surface area (Å²) in [4.78, 5) is 13.4. The fourth-order valence-corrected chi connectivity index (χ4v) is 2.57. The first-order valence-corrected chi connectivity index (χ1v) is 7.42. The molecule has 1 aliphatic rings. The van der Waals surface area contributed by atoms with E-state index in [0.29, 0.717) is 5.56 Å². The minimum atomic E-state index is -0.389. The number of nitrogens with zero attached hydrogens (tertiary/aromatic N) is 2. The van der Waals surface area contributed by atoms with Gasteiger partial charge < -0.3 is 5.11 Å². The molecule has 0 bridgehead atoms. The first-order valence-electron chi connectivity index (χ1n) is 7.42. The maximum atomic E-state index is 12.0. The highest BCUT2D eigenvalue weighted by atomic mass is 16.5. The number of aromatic nitrogens is 2. The number of rotatable bonds is 4. The fraction of sp³-hybridized carbons (Fsp3) is 0.400. The van der Waals surface area contributed by atoms with E-state index < -0.39 is 0 Å². The number of anilines is 1. The van der Waals surface area contributed by atoms with E-state index in [9.17, 15) is 9.90 Å². The maximum Gasteiger partial charge on any atom is 0.306 e. The van der Waals surface area contributed by atoms with Gasteiger partial charge in [0.15, 0.2) is 0 Å². The predicted octanol–water partition coefficient (Wildman–Crippen LogP) is 1.06. The van der Waals surface area contributed by atoms with Crippen LogP contribution < -0.4 is 15.5 Å². The SMILES string of the molecule is O=C(Nc1c[n+](NC2CCCCC2O)no1)c1ccccc1. The third-order valence-corrected chi connectivity index (χ3v) is 3.77. The number of carbonyl (C=O) groups is 1. The zero-order valence-corrected chi connectivity index (χ0v) is 12.1. The molecule has 1 heterocycles. The Morgan fingerprint density at radius 1 is 1.27 bits per heavy atom. The number of amides is 1. The van der Waals surface area contributed by atoms with Crippen LogP contribution in [0.2, 0.25) is 0 Å². The average Bonchev–Trinajstić information content (AvgIpc) is 2.97. The molecule has 0 spiro atoms. The van der Waals surface area contributed by atoms with Gasteiger partial charge in [0, 0.05) is 5.56 Å². The van der Waals surface area contributed by atoms with Gasteiger partial charge in [-0.3, -0.25) is 14.6 Å². The molecular weight excluding hydrogens is 284 g/mol. The molecule has 1 saturated carbocycles. The minimum Gasteiger partial charge on any atom is -0.391 e. The van der Waals surface area contributed by atoms with E-state index >= 15 is 0 Å². The molecule has 7 nitrogen and oxygen atoms in total. The van der Waals surface area contributed by atoms with E-state index in [2.05, 4.69) is 16.0 Å². The minimum absolute atomic E-state index is 0.0541. The second-order valence-electron chi connectivity index (χ2n) is 5.42. The Labute approximate surface area is 127 Å². The van der Waals surface area contributed by atoms with E-state index in [-0.39, 0.29) is 23.9 Å². The normalized spacial score (nSPS) is 21.3. The highest BCUT2D eigenvalue weighted by Gasteiger charge is 2.27. The van der Waals surface area contributed by atoms with Crippen LogP contribution in [0.25, 0.3) is 0 Å². The summed E-state index contributed by atoms with van der Waals surface area (Å²) in [5.74, 6) is -0.0201. The molecule has 1 aliphatic carbocycles. The molecule has 3 rings (SSSR count). The Bertz CT molecular complexity index is 629. The van der Waals surface area contributed by atoms with Gasteiger partial charge in [-0.05, 0) is 25.0 Å². The van der Waals surface area contributed by atoms with Gasteiger partial charge in [0.1, 0.15) is 6.04 Å². The lowest BCUT2D eigenvalue weighted by atomic mass is 9.93. The average molecular weight is 303 g/mol. The van der Waals surface area contributed by atoms with Crippen LogP contribution >= 0.6 is 0 Å². The standard InChI is InChI=1S/C15H18N4O3/c20-13-9-5-4-8-12(13)17-19-10-14(22-18-19)16-15(21)11-6-2-1-3-7-11/h1-3,6-7,10,12-13,20H,4-5,8-9H2,(H-,16,17,18,21)/p+1. The summed E-state index contributed by atoms with van der Waals surface area (Å²) in [5.41, 5.74) is 3.62. The van der Waals surface area contributed by atoms with Crippen LogP contribution in [0.4, 0.5) is 5.88 Å². The van der Waals surface area contributed by atoms with Crippen molar-refractivity contribution in [2.24, 2.45) is 0 Å². The molecule has 0 aliphatic heterocycles. The number of nitrogens with one attached hydrogen (secondary N) is 2. The lowest BCUT2D eigenvalue weighted by Crippen LogP contribution is -2.55. The lowest BCUT2D eigenvalue weighted by molar-refractivity contribution is -0.723. The second kappa shape index (κ2) is 6.57. The monoisotopic (exact) mass is 303 g/mol. The van der Waals surface area contributed by atoms with Crippen molar-refractivity contribution in [1.82, 2.24) is 5.27 Å². The molecular formula is C15H19N4O3+. The van der Waals surface area contributed by atoms with Crippen LogP contribution in [0.1, 0.15) is 36.0 Å². The van der Waals surface area contributed by atoms with E-state index in [1.54, 1.807) is 30.5 Å². The second-order valence-corrected chi connectivity index (χ2v) is 5.42. The molecule has 1 fully saturated rings. The van der Waals surface area contributed by atoms with Crippen LogP contribution in [0, 0.1) is 0 Å². The van der Waals surface area contributed by atoms with Gasteiger partial charge in [-0.15, -0.1) is 0 Å². The third-order valence-electron chi connectivity index (χ3n) is 3.77. The van der Waals surface area contributed by atoms with Crippen molar-refractivity contribution >= 4 is 11.8 Å². The van der Waals surface area contributed by atoms with Gasteiger partial charge in [0.25, 0.3) is 12.1 Å². The lowest BCUT2D eigenvalue weighted by Gasteiger charge is -2.24. The Balaban J connectivity index is 1.60. The largest absolute Gasteiger partial charge is 0.391 e.